The number of nitrogens with one attached hydrogen (secondary N) is 1. The summed E-state index contributed by atoms with van der Waals surface area (Å²) in [4.78, 5) is 16.1. The van der Waals surface area contributed by atoms with Gasteiger partial charge in [0.25, 0.3) is 5.91 Å². The summed E-state index contributed by atoms with van der Waals surface area (Å²) < 4.78 is 6.32. The van der Waals surface area contributed by atoms with Gasteiger partial charge in [0.15, 0.2) is 6.61 Å². The van der Waals surface area contributed by atoms with E-state index < -0.39 is 0 Å². The Morgan fingerprint density at radius 1 is 1.33 bits per heavy atom. The maximum Gasteiger partial charge on any atom is 0.263 e. The maximum absolute atomic E-state index is 11.8. The Morgan fingerprint density at radius 2 is 2.10 bits per heavy atom. The van der Waals surface area contributed by atoms with Gasteiger partial charge in [0.2, 0.25) is 0 Å². The second kappa shape index (κ2) is 6.91. The molecule has 0 radical (unpaired) electrons. The van der Waals surface area contributed by atoms with Crippen LogP contribution in [0.15, 0.2) is 34.8 Å². The number of benzene rings is 1. The number of amides is 1. The molecule has 1 heterocycles. The fourth-order valence-electron chi connectivity index (χ4n) is 1.65. The summed E-state index contributed by atoms with van der Waals surface area (Å²) in [6, 6.07) is 8.81. The minimum atomic E-state index is -0.267. The highest BCUT2D eigenvalue weighted by molar-refractivity contribution is 9.10. The van der Waals surface area contributed by atoms with E-state index in [-0.39, 0.29) is 12.5 Å². The van der Waals surface area contributed by atoms with Gasteiger partial charge in [-0.3, -0.25) is 4.79 Å². The number of hydrogen-bond acceptors (Lipinski definition) is 3. The van der Waals surface area contributed by atoms with Crippen LogP contribution >= 0.6 is 27.5 Å². The number of nitrogens with zero attached hydrogens (tertiary/aromatic N) is 1. The molecule has 0 atom stereocenters. The summed E-state index contributed by atoms with van der Waals surface area (Å²) in [5.41, 5.74) is 1.71. The van der Waals surface area contributed by atoms with Gasteiger partial charge in [-0.2, -0.15) is 0 Å². The van der Waals surface area contributed by atoms with Crippen molar-refractivity contribution in [2.75, 3.05) is 11.9 Å². The summed E-state index contributed by atoms with van der Waals surface area (Å²) in [7, 11) is 0. The van der Waals surface area contributed by atoms with Gasteiger partial charge in [-0.15, -0.1) is 0 Å². The first kappa shape index (κ1) is 15.8. The molecule has 1 aromatic carbocycles. The molecule has 2 rings (SSSR count). The van der Waals surface area contributed by atoms with Crippen molar-refractivity contribution in [2.24, 2.45) is 0 Å². The summed E-state index contributed by atoms with van der Waals surface area (Å²) in [5, 5.41) is 3.35. The number of rotatable bonds is 4. The van der Waals surface area contributed by atoms with Crippen LogP contribution in [-0.4, -0.2) is 17.5 Å². The molecule has 0 aliphatic heterocycles. The van der Waals surface area contributed by atoms with E-state index in [2.05, 4.69) is 26.2 Å². The van der Waals surface area contributed by atoms with Crippen molar-refractivity contribution in [3.05, 3.63) is 51.1 Å². The first-order valence-electron chi connectivity index (χ1n) is 6.27. The van der Waals surface area contributed by atoms with E-state index in [0.29, 0.717) is 16.6 Å². The molecule has 0 spiro atoms. The zero-order valence-electron chi connectivity index (χ0n) is 11.6. The lowest BCUT2D eigenvalue weighted by Gasteiger charge is -2.09. The van der Waals surface area contributed by atoms with Gasteiger partial charge in [-0.1, -0.05) is 11.6 Å². The molecule has 0 unspecified atom stereocenters. The summed E-state index contributed by atoms with van der Waals surface area (Å²) in [5.74, 6) is 0.834. The van der Waals surface area contributed by atoms with Crippen LogP contribution in [0.25, 0.3) is 0 Å². The van der Waals surface area contributed by atoms with Gasteiger partial charge in [0.05, 0.1) is 5.69 Å². The van der Waals surface area contributed by atoms with Crippen LogP contribution in [0.3, 0.4) is 0 Å². The predicted molar refractivity (Wildman–Crippen MR) is 87.0 cm³/mol. The number of halogens is 2. The van der Waals surface area contributed by atoms with Crippen LogP contribution in [0.5, 0.6) is 5.75 Å². The summed E-state index contributed by atoms with van der Waals surface area (Å²) in [6.45, 7) is 3.65. The van der Waals surface area contributed by atoms with E-state index in [1.54, 1.807) is 24.3 Å². The molecule has 0 aliphatic rings. The number of carbonyl (C=O) groups is 1. The highest BCUT2D eigenvalue weighted by Gasteiger charge is 2.06. The van der Waals surface area contributed by atoms with E-state index in [1.807, 2.05) is 19.9 Å². The third-order valence-electron chi connectivity index (χ3n) is 2.79. The number of carbonyl (C=O) groups excluding carboxylic acids is 1. The molecule has 1 aromatic heterocycles. The highest BCUT2D eigenvalue weighted by atomic mass is 79.9. The first-order chi connectivity index (χ1) is 9.95. The van der Waals surface area contributed by atoms with Crippen molar-refractivity contribution in [2.45, 2.75) is 13.8 Å². The van der Waals surface area contributed by atoms with Gasteiger partial charge < -0.3 is 10.1 Å². The van der Waals surface area contributed by atoms with Crippen molar-refractivity contribution in [3.8, 4) is 5.75 Å². The Balaban J connectivity index is 1.92. The molecule has 6 heteroatoms. The molecule has 0 bridgehead atoms. The van der Waals surface area contributed by atoms with Crippen LogP contribution in [0.1, 0.15) is 11.3 Å². The Kier molecular flexibility index (Phi) is 5.20. The van der Waals surface area contributed by atoms with Crippen LogP contribution in [0, 0.1) is 13.8 Å². The fraction of sp³-hybridized carbons (Fsp3) is 0.200. The molecular weight excluding hydrogens is 356 g/mol. The van der Waals surface area contributed by atoms with Gasteiger partial charge in [0, 0.05) is 9.50 Å². The molecule has 0 aliphatic carbocycles. The van der Waals surface area contributed by atoms with E-state index in [4.69, 9.17) is 16.3 Å². The van der Waals surface area contributed by atoms with Crippen LogP contribution in [0.4, 0.5) is 5.82 Å². The normalized spacial score (nSPS) is 10.3. The SMILES string of the molecule is Cc1cc(OCC(=O)Nc2ccc(Br)c(C)n2)ccc1Cl. The minimum absolute atomic E-state index is 0.0855. The topological polar surface area (TPSA) is 51.2 Å². The average molecular weight is 370 g/mol. The zero-order chi connectivity index (χ0) is 15.4. The van der Waals surface area contributed by atoms with Crippen molar-refractivity contribution in [1.82, 2.24) is 4.98 Å². The smallest absolute Gasteiger partial charge is 0.263 e. The Bertz CT molecular complexity index is 677. The van der Waals surface area contributed by atoms with E-state index in [1.165, 1.54) is 0 Å². The Labute approximate surface area is 136 Å². The van der Waals surface area contributed by atoms with Crippen molar-refractivity contribution in [3.63, 3.8) is 0 Å². The number of anilines is 1. The second-order valence-electron chi connectivity index (χ2n) is 4.51. The van der Waals surface area contributed by atoms with Crippen molar-refractivity contribution >= 4 is 39.3 Å². The number of aromatic nitrogens is 1. The number of pyridine rings is 1. The Morgan fingerprint density at radius 3 is 2.76 bits per heavy atom. The molecule has 110 valence electrons. The molecule has 21 heavy (non-hydrogen) atoms. The fourth-order valence-corrected chi connectivity index (χ4v) is 1.99. The molecule has 1 N–H and O–H groups in total. The Hall–Kier alpha value is -1.59. The van der Waals surface area contributed by atoms with E-state index in [0.717, 1.165) is 15.7 Å². The van der Waals surface area contributed by atoms with Gasteiger partial charge in [0.1, 0.15) is 11.6 Å². The summed E-state index contributed by atoms with van der Waals surface area (Å²) in [6.07, 6.45) is 0. The van der Waals surface area contributed by atoms with E-state index in [9.17, 15) is 4.79 Å². The van der Waals surface area contributed by atoms with Gasteiger partial charge in [-0.05, 0) is 65.7 Å². The lowest BCUT2D eigenvalue weighted by molar-refractivity contribution is -0.118. The zero-order valence-corrected chi connectivity index (χ0v) is 14.0. The highest BCUT2D eigenvalue weighted by Crippen LogP contribution is 2.21. The third-order valence-corrected chi connectivity index (χ3v) is 4.05. The quantitative estimate of drug-likeness (QED) is 0.881. The number of ether oxygens (including phenoxy) is 1. The molecule has 2 aromatic rings. The van der Waals surface area contributed by atoms with Crippen LogP contribution in [0.2, 0.25) is 5.02 Å². The number of aryl methyl sites for hydroxylation is 2. The molecular formula is C15H14BrClN2O2. The maximum atomic E-state index is 11.8. The van der Waals surface area contributed by atoms with Crippen molar-refractivity contribution < 1.29 is 9.53 Å². The van der Waals surface area contributed by atoms with Gasteiger partial charge >= 0.3 is 0 Å². The number of hydrogen-bond donors (Lipinski definition) is 1. The molecule has 4 nitrogen and oxygen atoms in total. The second-order valence-corrected chi connectivity index (χ2v) is 5.77. The lowest BCUT2D eigenvalue weighted by Crippen LogP contribution is -2.20. The molecule has 0 fully saturated rings. The largest absolute Gasteiger partial charge is 0.484 e. The average Bonchev–Trinajstić information content (AvgIpc) is 2.44. The van der Waals surface area contributed by atoms with Crippen LogP contribution < -0.4 is 10.1 Å². The van der Waals surface area contributed by atoms with Gasteiger partial charge in [-0.25, -0.2) is 4.98 Å². The van der Waals surface area contributed by atoms with Crippen LogP contribution in [-0.2, 0) is 4.79 Å². The van der Waals surface area contributed by atoms with Crippen molar-refractivity contribution in [1.29, 1.82) is 0 Å². The molecule has 0 saturated heterocycles. The predicted octanol–water partition coefficient (Wildman–Crippen LogP) is 4.13. The third kappa shape index (κ3) is 4.44. The lowest BCUT2D eigenvalue weighted by atomic mass is 10.2. The monoisotopic (exact) mass is 368 g/mol. The standard InChI is InChI=1S/C15H14BrClN2O2/c1-9-7-11(3-5-13(9)17)21-8-15(20)19-14-6-4-12(16)10(2)18-14/h3-7H,8H2,1-2H3,(H,18,19,20). The molecule has 1 amide bonds. The van der Waals surface area contributed by atoms with E-state index >= 15 is 0 Å². The molecule has 0 saturated carbocycles. The minimum Gasteiger partial charge on any atom is -0.484 e. The first-order valence-corrected chi connectivity index (χ1v) is 7.45. The summed E-state index contributed by atoms with van der Waals surface area (Å²) >= 11 is 9.29.